The average molecular weight is 258 g/mol. The van der Waals surface area contributed by atoms with Crippen LogP contribution in [0.15, 0.2) is 36.4 Å². The molecule has 1 aliphatic rings. The van der Waals surface area contributed by atoms with Gasteiger partial charge in [0.15, 0.2) is 11.8 Å². The molecule has 0 saturated carbocycles. The predicted octanol–water partition coefficient (Wildman–Crippen LogP) is 2.36. The maximum absolute atomic E-state index is 9.90. The maximum atomic E-state index is 9.90. The van der Waals surface area contributed by atoms with Crippen LogP contribution in [-0.2, 0) is 0 Å². The van der Waals surface area contributed by atoms with E-state index in [1.165, 1.54) is 22.3 Å². The fourth-order valence-electron chi connectivity index (χ4n) is 2.83. The number of hydrogen-bond acceptors (Lipinski definition) is 3. The zero-order chi connectivity index (χ0) is 13.2. The van der Waals surface area contributed by atoms with Gasteiger partial charge in [-0.25, -0.2) is 0 Å². The summed E-state index contributed by atoms with van der Waals surface area (Å²) in [6.45, 7) is 2.03. The maximum Gasteiger partial charge on any atom is 0.198 e. The van der Waals surface area contributed by atoms with Gasteiger partial charge in [-0.05, 0) is 43.5 Å². The second-order valence-corrected chi connectivity index (χ2v) is 4.97. The van der Waals surface area contributed by atoms with E-state index in [-0.39, 0.29) is 11.8 Å². The zero-order valence-corrected chi connectivity index (χ0v) is 10.7. The van der Waals surface area contributed by atoms with Crippen molar-refractivity contribution >= 4 is 0 Å². The van der Waals surface area contributed by atoms with E-state index in [0.717, 1.165) is 31.6 Å². The Morgan fingerprint density at radius 1 is 0.947 bits per heavy atom. The molecule has 0 radical (unpaired) electrons. The van der Waals surface area contributed by atoms with Crippen molar-refractivity contribution in [3.05, 3.63) is 42.0 Å². The van der Waals surface area contributed by atoms with E-state index < -0.39 is 0 Å². The second kappa shape index (κ2) is 4.97. The third-order valence-electron chi connectivity index (χ3n) is 3.80. The van der Waals surface area contributed by atoms with Crippen LogP contribution < -0.4 is 5.32 Å². The van der Waals surface area contributed by atoms with Gasteiger partial charge in [0, 0.05) is 12.1 Å². The molecule has 3 rings (SSSR count). The van der Waals surface area contributed by atoms with E-state index in [4.69, 9.17) is 0 Å². The Labute approximate surface area is 112 Å². The van der Waals surface area contributed by atoms with Gasteiger partial charge in [-0.15, -0.1) is 0 Å². The summed E-state index contributed by atoms with van der Waals surface area (Å²) in [5.74, 6) is 0.608. The van der Waals surface area contributed by atoms with Gasteiger partial charge in [-0.3, -0.25) is 4.57 Å². The minimum absolute atomic E-state index is 0.0684. The van der Waals surface area contributed by atoms with E-state index in [1.807, 2.05) is 18.2 Å². The van der Waals surface area contributed by atoms with E-state index in [0.29, 0.717) is 5.92 Å². The molecule has 4 heteroatoms. The topological polar surface area (TPSA) is 57.4 Å². The van der Waals surface area contributed by atoms with Crippen LogP contribution in [-0.4, -0.2) is 27.9 Å². The molecule has 100 valence electrons. The van der Waals surface area contributed by atoms with Crippen molar-refractivity contribution in [2.75, 3.05) is 13.1 Å². The van der Waals surface area contributed by atoms with E-state index in [2.05, 4.69) is 11.4 Å². The predicted molar refractivity (Wildman–Crippen MR) is 73.9 cm³/mol. The number of para-hydroxylation sites is 1. The number of aromatic nitrogens is 1. The highest BCUT2D eigenvalue weighted by Gasteiger charge is 2.20. The highest BCUT2D eigenvalue weighted by atomic mass is 16.3. The van der Waals surface area contributed by atoms with Crippen LogP contribution in [0.2, 0.25) is 0 Å². The second-order valence-electron chi connectivity index (χ2n) is 4.97. The van der Waals surface area contributed by atoms with Crippen LogP contribution in [0.25, 0.3) is 5.69 Å². The van der Waals surface area contributed by atoms with Gasteiger partial charge in [0.2, 0.25) is 0 Å². The summed E-state index contributed by atoms with van der Waals surface area (Å²) in [5.41, 5.74) is 2.06. The molecule has 0 unspecified atom stereocenters. The first-order valence-electron chi connectivity index (χ1n) is 6.67. The summed E-state index contributed by atoms with van der Waals surface area (Å²) in [6, 6.07) is 11.0. The summed E-state index contributed by atoms with van der Waals surface area (Å²) < 4.78 is 1.50. The molecule has 0 bridgehead atoms. The van der Waals surface area contributed by atoms with Crippen molar-refractivity contribution in [2.45, 2.75) is 18.8 Å². The number of piperidine rings is 1. The Morgan fingerprint density at radius 3 is 2.26 bits per heavy atom. The van der Waals surface area contributed by atoms with Crippen LogP contribution in [0.4, 0.5) is 0 Å². The minimum atomic E-state index is 0.0684. The third-order valence-corrected chi connectivity index (χ3v) is 3.80. The van der Waals surface area contributed by atoms with Crippen molar-refractivity contribution in [1.29, 1.82) is 0 Å². The molecular weight excluding hydrogens is 240 g/mol. The highest BCUT2D eigenvalue weighted by molar-refractivity contribution is 5.49. The highest BCUT2D eigenvalue weighted by Crippen LogP contribution is 2.34. The minimum Gasteiger partial charge on any atom is -0.494 e. The first-order chi connectivity index (χ1) is 9.27. The number of nitrogens with zero attached hydrogens (tertiary/aromatic N) is 1. The van der Waals surface area contributed by atoms with E-state index in [9.17, 15) is 10.2 Å². The van der Waals surface area contributed by atoms with E-state index >= 15 is 0 Å². The summed E-state index contributed by atoms with van der Waals surface area (Å²) in [6.07, 6.45) is 2.17. The fraction of sp³-hybridized carbons (Fsp3) is 0.333. The van der Waals surface area contributed by atoms with Crippen LogP contribution in [0.1, 0.15) is 24.3 Å². The van der Waals surface area contributed by atoms with E-state index in [1.54, 1.807) is 0 Å². The lowest BCUT2D eigenvalue weighted by Gasteiger charge is -2.25. The van der Waals surface area contributed by atoms with Gasteiger partial charge >= 0.3 is 0 Å². The van der Waals surface area contributed by atoms with Crippen LogP contribution in [0, 0.1) is 0 Å². The molecule has 0 atom stereocenters. The van der Waals surface area contributed by atoms with Crippen LogP contribution >= 0.6 is 0 Å². The smallest absolute Gasteiger partial charge is 0.198 e. The molecule has 0 amide bonds. The molecule has 4 nitrogen and oxygen atoms in total. The number of rotatable bonds is 2. The number of hydrogen-bond donors (Lipinski definition) is 3. The summed E-state index contributed by atoms with van der Waals surface area (Å²) in [7, 11) is 0. The Balaban J connectivity index is 2.06. The van der Waals surface area contributed by atoms with Crippen molar-refractivity contribution in [3.8, 4) is 17.4 Å². The third kappa shape index (κ3) is 2.19. The first kappa shape index (κ1) is 12.1. The number of nitrogens with one attached hydrogen (secondary N) is 1. The molecular formula is C15H18N2O2. The molecule has 0 spiro atoms. The SMILES string of the molecule is Oc1ccc(O)n1-c1ccccc1C1CCNCC1. The molecule has 1 saturated heterocycles. The lowest BCUT2D eigenvalue weighted by molar-refractivity contribution is 0.400. The lowest BCUT2D eigenvalue weighted by Crippen LogP contribution is -2.27. The summed E-state index contributed by atoms with van der Waals surface area (Å²) in [5, 5.41) is 23.2. The molecule has 1 aromatic carbocycles. The van der Waals surface area contributed by atoms with Gasteiger partial charge in [0.25, 0.3) is 0 Å². The van der Waals surface area contributed by atoms with Gasteiger partial charge in [0.1, 0.15) is 0 Å². The Hall–Kier alpha value is -1.94. The Bertz CT molecular complexity index is 552. The Kier molecular flexibility index (Phi) is 3.17. The lowest BCUT2D eigenvalue weighted by atomic mass is 9.89. The van der Waals surface area contributed by atoms with Gasteiger partial charge in [-0.1, -0.05) is 18.2 Å². The molecule has 2 aromatic rings. The van der Waals surface area contributed by atoms with Crippen LogP contribution in [0.5, 0.6) is 11.8 Å². The fourth-order valence-corrected chi connectivity index (χ4v) is 2.83. The molecule has 2 heterocycles. The van der Waals surface area contributed by atoms with Crippen LogP contribution in [0.3, 0.4) is 0 Å². The molecule has 1 aliphatic heterocycles. The van der Waals surface area contributed by atoms with Crippen molar-refractivity contribution in [3.63, 3.8) is 0 Å². The standard InChI is InChI=1S/C15H18N2O2/c18-14-5-6-15(19)17(14)13-4-2-1-3-12(13)11-7-9-16-10-8-11/h1-6,11,16,18-19H,7-10H2. The average Bonchev–Trinajstić information content (AvgIpc) is 2.79. The van der Waals surface area contributed by atoms with Gasteiger partial charge in [0.05, 0.1) is 5.69 Å². The molecule has 1 fully saturated rings. The molecule has 3 N–H and O–H groups in total. The normalized spacial score (nSPS) is 16.6. The monoisotopic (exact) mass is 258 g/mol. The number of benzene rings is 1. The van der Waals surface area contributed by atoms with Crippen molar-refractivity contribution in [2.24, 2.45) is 0 Å². The van der Waals surface area contributed by atoms with Crippen molar-refractivity contribution < 1.29 is 10.2 Å². The van der Waals surface area contributed by atoms with Crippen molar-refractivity contribution in [1.82, 2.24) is 9.88 Å². The molecule has 1 aromatic heterocycles. The van der Waals surface area contributed by atoms with Gasteiger partial charge < -0.3 is 15.5 Å². The molecule has 0 aliphatic carbocycles. The zero-order valence-electron chi connectivity index (χ0n) is 10.7. The Morgan fingerprint density at radius 2 is 1.58 bits per heavy atom. The van der Waals surface area contributed by atoms with Gasteiger partial charge in [-0.2, -0.15) is 0 Å². The summed E-state index contributed by atoms with van der Waals surface area (Å²) in [4.78, 5) is 0. The quantitative estimate of drug-likeness (QED) is 0.775. The summed E-state index contributed by atoms with van der Waals surface area (Å²) >= 11 is 0. The number of aromatic hydroxyl groups is 2. The first-order valence-corrected chi connectivity index (χ1v) is 6.67. The largest absolute Gasteiger partial charge is 0.494 e. The molecule has 19 heavy (non-hydrogen) atoms.